The molecule has 0 saturated carbocycles. The Hall–Kier alpha value is -1.06. The van der Waals surface area contributed by atoms with Gasteiger partial charge in [-0.25, -0.2) is 0 Å². The van der Waals surface area contributed by atoms with Gasteiger partial charge in [-0.2, -0.15) is 0 Å². The second-order valence-corrected chi connectivity index (χ2v) is 4.97. The van der Waals surface area contributed by atoms with Crippen LogP contribution in [0.5, 0.6) is 0 Å². The van der Waals surface area contributed by atoms with Crippen LogP contribution in [-0.2, 0) is 9.53 Å². The average Bonchev–Trinajstić information content (AvgIpc) is 2.42. The summed E-state index contributed by atoms with van der Waals surface area (Å²) in [6.07, 6.45) is 3.41. The molecule has 0 aliphatic carbocycles. The van der Waals surface area contributed by atoms with Crippen molar-refractivity contribution in [3.05, 3.63) is 35.4 Å². The molecule has 3 nitrogen and oxygen atoms in total. The standard InChI is InChI=1S/C15H21NO2.ClH/c1-11-6-8-12(9-7-11)14(15(17)18-2)13-5-3-4-10-16-13;/h6-9,13-14,16H,3-5,10H2,1-2H3;1H/t13-,14-;/m0./s1. The Balaban J connectivity index is 0.00000180. The number of hydrogen-bond acceptors (Lipinski definition) is 3. The molecule has 0 spiro atoms. The van der Waals surface area contributed by atoms with E-state index in [9.17, 15) is 4.79 Å². The summed E-state index contributed by atoms with van der Waals surface area (Å²) in [5.74, 6) is -0.325. The Labute approximate surface area is 121 Å². The van der Waals surface area contributed by atoms with Crippen molar-refractivity contribution in [2.24, 2.45) is 0 Å². The predicted molar refractivity (Wildman–Crippen MR) is 78.8 cm³/mol. The Morgan fingerprint density at radius 3 is 2.53 bits per heavy atom. The SMILES string of the molecule is COC(=O)[C@@H](c1ccc(C)cc1)[C@@H]1CCCCN1.Cl. The fourth-order valence-corrected chi connectivity index (χ4v) is 2.60. The monoisotopic (exact) mass is 283 g/mol. The summed E-state index contributed by atoms with van der Waals surface area (Å²) in [5, 5.41) is 3.45. The number of piperidine rings is 1. The molecule has 1 aromatic rings. The topological polar surface area (TPSA) is 38.3 Å². The average molecular weight is 284 g/mol. The van der Waals surface area contributed by atoms with Crippen LogP contribution >= 0.6 is 12.4 Å². The first kappa shape index (κ1) is 16.0. The van der Waals surface area contributed by atoms with Crippen molar-refractivity contribution in [2.75, 3.05) is 13.7 Å². The van der Waals surface area contributed by atoms with Crippen molar-refractivity contribution in [1.82, 2.24) is 5.32 Å². The van der Waals surface area contributed by atoms with Crippen LogP contribution in [0.1, 0.15) is 36.3 Å². The first-order chi connectivity index (χ1) is 8.72. The van der Waals surface area contributed by atoms with Crippen molar-refractivity contribution in [3.8, 4) is 0 Å². The molecule has 1 aliphatic rings. The molecule has 1 aromatic carbocycles. The van der Waals surface area contributed by atoms with Gasteiger partial charge in [0.05, 0.1) is 13.0 Å². The van der Waals surface area contributed by atoms with E-state index < -0.39 is 0 Å². The number of aryl methyl sites for hydroxylation is 1. The number of carbonyl (C=O) groups is 1. The normalized spacial score (nSPS) is 20.2. The molecule has 19 heavy (non-hydrogen) atoms. The summed E-state index contributed by atoms with van der Waals surface area (Å²) in [4.78, 5) is 12.0. The molecule has 1 saturated heterocycles. The second-order valence-electron chi connectivity index (χ2n) is 4.97. The summed E-state index contributed by atoms with van der Waals surface area (Å²) in [6, 6.07) is 8.37. The second kappa shape index (κ2) is 7.51. The van der Waals surface area contributed by atoms with Gasteiger partial charge in [-0.05, 0) is 31.9 Å². The van der Waals surface area contributed by atoms with E-state index in [-0.39, 0.29) is 30.3 Å². The van der Waals surface area contributed by atoms with Gasteiger partial charge in [-0.3, -0.25) is 4.79 Å². The number of rotatable bonds is 3. The van der Waals surface area contributed by atoms with Gasteiger partial charge in [0.15, 0.2) is 0 Å². The van der Waals surface area contributed by atoms with E-state index in [2.05, 4.69) is 12.2 Å². The Morgan fingerprint density at radius 2 is 2.00 bits per heavy atom. The first-order valence-electron chi connectivity index (χ1n) is 6.60. The summed E-state index contributed by atoms with van der Waals surface area (Å²) in [5.41, 5.74) is 2.26. The van der Waals surface area contributed by atoms with Gasteiger partial charge in [0.25, 0.3) is 0 Å². The summed E-state index contributed by atoms with van der Waals surface area (Å²) in [6.45, 7) is 3.04. The highest BCUT2D eigenvalue weighted by Gasteiger charge is 2.31. The number of nitrogens with one attached hydrogen (secondary N) is 1. The van der Waals surface area contributed by atoms with Crippen LogP contribution in [0.25, 0.3) is 0 Å². The predicted octanol–water partition coefficient (Wildman–Crippen LogP) is 2.82. The molecular weight excluding hydrogens is 262 g/mol. The molecule has 106 valence electrons. The highest BCUT2D eigenvalue weighted by molar-refractivity contribution is 5.85. The molecule has 1 heterocycles. The van der Waals surface area contributed by atoms with Crippen molar-refractivity contribution < 1.29 is 9.53 Å². The van der Waals surface area contributed by atoms with E-state index in [0.29, 0.717) is 0 Å². The third-order valence-corrected chi connectivity index (χ3v) is 3.64. The molecule has 0 aromatic heterocycles. The molecule has 2 atom stereocenters. The lowest BCUT2D eigenvalue weighted by molar-refractivity contribution is -0.143. The van der Waals surface area contributed by atoms with Crippen LogP contribution in [0.15, 0.2) is 24.3 Å². The number of ether oxygens (including phenoxy) is 1. The van der Waals surface area contributed by atoms with Gasteiger partial charge < -0.3 is 10.1 Å². The molecule has 4 heteroatoms. The molecule has 0 amide bonds. The van der Waals surface area contributed by atoms with Gasteiger partial charge in [-0.1, -0.05) is 36.2 Å². The van der Waals surface area contributed by atoms with E-state index in [1.165, 1.54) is 25.5 Å². The lowest BCUT2D eigenvalue weighted by Crippen LogP contribution is -2.42. The minimum absolute atomic E-state index is 0. The zero-order valence-electron chi connectivity index (χ0n) is 11.5. The van der Waals surface area contributed by atoms with Crippen LogP contribution in [0.4, 0.5) is 0 Å². The zero-order chi connectivity index (χ0) is 13.0. The molecule has 1 fully saturated rings. The number of hydrogen-bond donors (Lipinski definition) is 1. The number of halogens is 1. The van der Waals surface area contributed by atoms with E-state index in [0.717, 1.165) is 18.5 Å². The lowest BCUT2D eigenvalue weighted by atomic mass is 9.86. The Morgan fingerprint density at radius 1 is 1.32 bits per heavy atom. The van der Waals surface area contributed by atoms with E-state index in [1.54, 1.807) is 0 Å². The first-order valence-corrected chi connectivity index (χ1v) is 6.60. The fourth-order valence-electron chi connectivity index (χ4n) is 2.60. The van der Waals surface area contributed by atoms with Gasteiger partial charge in [0, 0.05) is 6.04 Å². The number of esters is 1. The molecular formula is C15H22ClNO2. The van der Waals surface area contributed by atoms with Gasteiger partial charge in [0.2, 0.25) is 0 Å². The van der Waals surface area contributed by atoms with Crippen LogP contribution < -0.4 is 5.32 Å². The van der Waals surface area contributed by atoms with Gasteiger partial charge in [0.1, 0.15) is 0 Å². The maximum absolute atomic E-state index is 12.0. The van der Waals surface area contributed by atoms with E-state index >= 15 is 0 Å². The molecule has 2 rings (SSSR count). The minimum Gasteiger partial charge on any atom is -0.469 e. The highest BCUT2D eigenvalue weighted by Crippen LogP contribution is 2.26. The summed E-state index contributed by atoms with van der Waals surface area (Å²) >= 11 is 0. The van der Waals surface area contributed by atoms with Crippen LogP contribution in [0.3, 0.4) is 0 Å². The van der Waals surface area contributed by atoms with Crippen LogP contribution in [-0.4, -0.2) is 25.7 Å². The Bertz CT molecular complexity index is 399. The van der Waals surface area contributed by atoms with Crippen LogP contribution in [0, 0.1) is 6.92 Å². The van der Waals surface area contributed by atoms with Crippen LogP contribution in [0.2, 0.25) is 0 Å². The maximum atomic E-state index is 12.0. The summed E-state index contributed by atoms with van der Waals surface area (Å²) in [7, 11) is 1.46. The van der Waals surface area contributed by atoms with Crippen molar-refractivity contribution in [2.45, 2.75) is 38.1 Å². The third-order valence-electron chi connectivity index (χ3n) is 3.64. The Kier molecular flexibility index (Phi) is 6.32. The number of carbonyl (C=O) groups excluding carboxylic acids is 1. The van der Waals surface area contributed by atoms with Crippen molar-refractivity contribution in [1.29, 1.82) is 0 Å². The minimum atomic E-state index is -0.184. The van der Waals surface area contributed by atoms with Crippen molar-refractivity contribution in [3.63, 3.8) is 0 Å². The van der Waals surface area contributed by atoms with Gasteiger partial charge in [-0.15, -0.1) is 12.4 Å². The molecule has 0 bridgehead atoms. The molecule has 1 aliphatic heterocycles. The van der Waals surface area contributed by atoms with E-state index in [1.807, 2.05) is 24.3 Å². The van der Waals surface area contributed by atoms with Crippen molar-refractivity contribution >= 4 is 18.4 Å². The maximum Gasteiger partial charge on any atom is 0.314 e. The number of methoxy groups -OCH3 is 1. The van der Waals surface area contributed by atoms with Gasteiger partial charge >= 0.3 is 5.97 Å². The molecule has 0 unspecified atom stereocenters. The molecule has 1 N–H and O–H groups in total. The van der Waals surface area contributed by atoms with E-state index in [4.69, 9.17) is 4.74 Å². The lowest BCUT2D eigenvalue weighted by Gasteiger charge is -2.30. The molecule has 0 radical (unpaired) electrons. The smallest absolute Gasteiger partial charge is 0.314 e. The largest absolute Gasteiger partial charge is 0.469 e. The quantitative estimate of drug-likeness (QED) is 0.867. The highest BCUT2D eigenvalue weighted by atomic mass is 35.5. The number of benzene rings is 1. The fraction of sp³-hybridized carbons (Fsp3) is 0.533. The zero-order valence-corrected chi connectivity index (χ0v) is 12.3. The summed E-state index contributed by atoms with van der Waals surface area (Å²) < 4.78 is 4.97. The third kappa shape index (κ3) is 3.95.